The molecule has 3 rings (SSSR count). The molecule has 0 saturated heterocycles. The Morgan fingerprint density at radius 1 is 1.05 bits per heavy atom. The van der Waals surface area contributed by atoms with E-state index in [2.05, 4.69) is 9.97 Å². The average molecular weight is 297 g/mol. The molecule has 5 heteroatoms. The maximum atomic E-state index is 12.2. The highest BCUT2D eigenvalue weighted by Crippen LogP contribution is 2.25. The van der Waals surface area contributed by atoms with Crippen LogP contribution in [0, 0.1) is 5.21 Å². The van der Waals surface area contributed by atoms with Crippen LogP contribution in [-0.2, 0) is 6.42 Å². The number of rotatable bonds is 5. The van der Waals surface area contributed by atoms with Gasteiger partial charge in [-0.15, -0.1) is 0 Å². The van der Waals surface area contributed by atoms with Crippen LogP contribution in [0.15, 0.2) is 61.1 Å². The molecule has 0 bridgehead atoms. The molecular formula is C16H15N3OS. The van der Waals surface area contributed by atoms with Crippen LogP contribution in [0.5, 0.6) is 0 Å². The first-order valence-corrected chi connectivity index (χ1v) is 7.58. The largest absolute Gasteiger partial charge is 0.628 e. The zero-order chi connectivity index (χ0) is 14.5. The minimum absolute atomic E-state index is 0.150. The third-order valence-electron chi connectivity index (χ3n) is 3.19. The number of thiazole rings is 1. The van der Waals surface area contributed by atoms with Gasteiger partial charge in [-0.1, -0.05) is 41.7 Å². The fourth-order valence-corrected chi connectivity index (χ4v) is 2.95. The lowest BCUT2D eigenvalue weighted by molar-refractivity contribution is -0.773. The van der Waals surface area contributed by atoms with Crippen molar-refractivity contribution >= 4 is 16.3 Å². The van der Waals surface area contributed by atoms with Gasteiger partial charge < -0.3 is 10.3 Å². The zero-order valence-electron chi connectivity index (χ0n) is 11.4. The molecule has 0 fully saturated rings. The Hall–Kier alpha value is -2.08. The summed E-state index contributed by atoms with van der Waals surface area (Å²) in [6.07, 6.45) is 5.90. The number of hydrogen-bond donors (Lipinski definition) is 1. The summed E-state index contributed by atoms with van der Waals surface area (Å²) in [4.78, 5) is 8.32. The quantitative estimate of drug-likeness (QED) is 0.736. The Labute approximate surface area is 127 Å². The van der Waals surface area contributed by atoms with Gasteiger partial charge in [0.05, 0.1) is 6.54 Å². The highest BCUT2D eigenvalue weighted by atomic mass is 32.1. The molecule has 0 spiro atoms. The van der Waals surface area contributed by atoms with Gasteiger partial charge >= 0.3 is 0 Å². The van der Waals surface area contributed by atoms with Crippen LogP contribution in [-0.4, -0.2) is 16.5 Å². The topological polar surface area (TPSA) is 53.3 Å². The first kappa shape index (κ1) is 13.9. The maximum absolute atomic E-state index is 12.2. The van der Waals surface area contributed by atoms with Gasteiger partial charge in [0, 0.05) is 24.4 Å². The van der Waals surface area contributed by atoms with Crippen LogP contribution in [0.25, 0.3) is 10.6 Å². The second kappa shape index (κ2) is 6.58. The predicted octanol–water partition coefficient (Wildman–Crippen LogP) is 2.46. The van der Waals surface area contributed by atoms with E-state index in [4.69, 9.17) is 0 Å². The number of nitrogens with zero attached hydrogens (tertiary/aromatic N) is 2. The highest BCUT2D eigenvalue weighted by Gasteiger charge is 2.10. The molecule has 0 aliphatic rings. The molecule has 106 valence electrons. The monoisotopic (exact) mass is 297 g/mol. The smallest absolute Gasteiger partial charge is 0.207 e. The van der Waals surface area contributed by atoms with Crippen LogP contribution in [0.3, 0.4) is 0 Å². The van der Waals surface area contributed by atoms with Gasteiger partial charge in [0.25, 0.3) is 0 Å². The molecule has 21 heavy (non-hydrogen) atoms. The lowest BCUT2D eigenvalue weighted by Crippen LogP contribution is -3.02. The van der Waals surface area contributed by atoms with Gasteiger partial charge in [0.1, 0.15) is 11.2 Å². The van der Waals surface area contributed by atoms with Gasteiger partial charge in [-0.2, -0.15) is 0 Å². The van der Waals surface area contributed by atoms with Crippen molar-refractivity contribution in [3.63, 3.8) is 0 Å². The molecule has 1 aromatic carbocycles. The summed E-state index contributed by atoms with van der Waals surface area (Å²) in [6, 6.07) is 13.9. The molecule has 0 aliphatic carbocycles. The average Bonchev–Trinajstić information content (AvgIpc) is 3.04. The normalized spacial score (nSPS) is 12.2. The third kappa shape index (κ3) is 3.52. The van der Waals surface area contributed by atoms with E-state index < -0.39 is 0 Å². The molecule has 2 aromatic heterocycles. The van der Waals surface area contributed by atoms with Crippen molar-refractivity contribution in [3.8, 4) is 10.6 Å². The molecule has 3 aromatic rings. The third-order valence-corrected chi connectivity index (χ3v) is 4.28. The van der Waals surface area contributed by atoms with Crippen LogP contribution < -0.4 is 5.06 Å². The lowest BCUT2D eigenvalue weighted by Gasteiger charge is -2.19. The molecular weight excluding hydrogens is 282 g/mol. The summed E-state index contributed by atoms with van der Waals surface area (Å²) in [5, 5.41) is 14.0. The van der Waals surface area contributed by atoms with Crippen LogP contribution >= 0.6 is 11.3 Å². The summed E-state index contributed by atoms with van der Waals surface area (Å²) >= 11 is 1.44. The molecule has 1 N–H and O–H groups in total. The van der Waals surface area contributed by atoms with E-state index in [0.29, 0.717) is 6.54 Å². The number of quaternary nitrogens is 1. The van der Waals surface area contributed by atoms with Gasteiger partial charge in [-0.3, -0.25) is 4.98 Å². The predicted molar refractivity (Wildman–Crippen MR) is 84.3 cm³/mol. The zero-order valence-corrected chi connectivity index (χ0v) is 12.2. The molecule has 0 saturated carbocycles. The van der Waals surface area contributed by atoms with Crippen molar-refractivity contribution in [3.05, 3.63) is 71.8 Å². The number of aromatic nitrogens is 2. The second-order valence-corrected chi connectivity index (χ2v) is 5.70. The number of benzene rings is 1. The van der Waals surface area contributed by atoms with Crippen molar-refractivity contribution in [1.82, 2.24) is 9.97 Å². The molecule has 0 aliphatic heterocycles. The Morgan fingerprint density at radius 3 is 2.57 bits per heavy atom. The Kier molecular flexibility index (Phi) is 4.35. The van der Waals surface area contributed by atoms with Crippen LogP contribution in [0.2, 0.25) is 0 Å². The van der Waals surface area contributed by atoms with Crippen molar-refractivity contribution in [2.75, 3.05) is 6.54 Å². The van der Waals surface area contributed by atoms with Gasteiger partial charge in [0.2, 0.25) is 5.00 Å². The van der Waals surface area contributed by atoms with E-state index in [1.807, 2.05) is 42.5 Å². The summed E-state index contributed by atoms with van der Waals surface area (Å²) in [5.41, 5.74) is 2.18. The SMILES string of the molecule is [O-][NH+](CCc1ccccc1)c1cnc(-c2ccncc2)s1. The van der Waals surface area contributed by atoms with Crippen molar-refractivity contribution in [1.29, 1.82) is 0 Å². The summed E-state index contributed by atoms with van der Waals surface area (Å²) < 4.78 is 0. The van der Waals surface area contributed by atoms with E-state index in [9.17, 15) is 5.21 Å². The summed E-state index contributed by atoms with van der Waals surface area (Å²) in [6.45, 7) is 0.516. The van der Waals surface area contributed by atoms with E-state index in [1.54, 1.807) is 18.6 Å². The fourth-order valence-electron chi connectivity index (χ4n) is 2.06. The minimum atomic E-state index is 0.150. The van der Waals surface area contributed by atoms with E-state index in [1.165, 1.54) is 16.9 Å². The van der Waals surface area contributed by atoms with Gasteiger partial charge in [0.15, 0.2) is 0 Å². The molecule has 0 radical (unpaired) electrons. The van der Waals surface area contributed by atoms with E-state index in [0.717, 1.165) is 22.0 Å². The van der Waals surface area contributed by atoms with Crippen molar-refractivity contribution in [2.24, 2.45) is 0 Å². The first-order valence-electron chi connectivity index (χ1n) is 6.76. The van der Waals surface area contributed by atoms with Crippen LogP contribution in [0.4, 0.5) is 5.00 Å². The lowest BCUT2D eigenvalue weighted by atomic mass is 10.1. The van der Waals surface area contributed by atoms with E-state index >= 15 is 0 Å². The highest BCUT2D eigenvalue weighted by molar-refractivity contribution is 7.18. The second-order valence-electron chi connectivity index (χ2n) is 4.67. The van der Waals surface area contributed by atoms with Crippen molar-refractivity contribution < 1.29 is 5.06 Å². The Balaban J connectivity index is 1.66. The number of hydrogen-bond acceptors (Lipinski definition) is 4. The minimum Gasteiger partial charge on any atom is -0.628 e. The van der Waals surface area contributed by atoms with Crippen LogP contribution in [0.1, 0.15) is 5.56 Å². The number of pyridine rings is 1. The molecule has 4 nitrogen and oxygen atoms in total. The van der Waals surface area contributed by atoms with Gasteiger partial charge in [-0.25, -0.2) is 4.98 Å². The summed E-state index contributed by atoms with van der Waals surface area (Å²) in [5.74, 6) is 0. The Morgan fingerprint density at radius 2 is 1.81 bits per heavy atom. The van der Waals surface area contributed by atoms with E-state index in [-0.39, 0.29) is 5.06 Å². The molecule has 2 heterocycles. The maximum Gasteiger partial charge on any atom is 0.207 e. The Bertz CT molecular complexity index is 685. The van der Waals surface area contributed by atoms with Gasteiger partial charge in [-0.05, 0) is 17.7 Å². The first-order chi connectivity index (χ1) is 10.3. The van der Waals surface area contributed by atoms with Crippen molar-refractivity contribution in [2.45, 2.75) is 6.42 Å². The standard InChI is InChI=1S/C16H15N3OS/c20-19(11-8-13-4-2-1-3-5-13)15-12-18-16(21-15)14-6-9-17-10-7-14/h1-7,9-10,12,19H,8,11H2. The summed E-state index contributed by atoms with van der Waals surface area (Å²) in [7, 11) is 0. The molecule has 1 unspecified atom stereocenters. The number of nitrogens with one attached hydrogen (secondary N) is 1. The molecule has 1 atom stereocenters. The number of hydroxylamine groups is 1. The fraction of sp³-hybridized carbons (Fsp3) is 0.125. The molecule has 0 amide bonds.